The van der Waals surface area contributed by atoms with E-state index < -0.39 is 0 Å². The maximum atomic E-state index is 12.9. The minimum atomic E-state index is -0.0440. The molecule has 4 nitrogen and oxygen atoms in total. The number of hydrogen-bond acceptors (Lipinski definition) is 3. The highest BCUT2D eigenvalue weighted by Crippen LogP contribution is 2.63. The minimum absolute atomic E-state index is 0.0440. The van der Waals surface area contributed by atoms with Gasteiger partial charge in [0.15, 0.2) is 0 Å². The number of phenols is 1. The number of amides is 1. The summed E-state index contributed by atoms with van der Waals surface area (Å²) in [6, 6.07) is 6.43. The quantitative estimate of drug-likeness (QED) is 0.800. The Kier molecular flexibility index (Phi) is 3.15. The van der Waals surface area contributed by atoms with Gasteiger partial charge in [0, 0.05) is 23.9 Å². The molecule has 1 N–H and O–H groups in total. The first-order chi connectivity index (χ1) is 12.1. The van der Waals surface area contributed by atoms with Crippen LogP contribution >= 0.6 is 0 Å². The smallest absolute Gasteiger partial charge is 0.227 e. The highest BCUT2D eigenvalue weighted by atomic mass is 16.3. The van der Waals surface area contributed by atoms with Crippen molar-refractivity contribution < 1.29 is 9.90 Å². The fourth-order valence-electron chi connectivity index (χ4n) is 6.44. The number of para-hydroxylation sites is 1. The zero-order valence-corrected chi connectivity index (χ0v) is 15.0. The standard InChI is InChI=1S/C21H26N2O2/c1-3-14-13-8-10-22-11-9-21(20(14)22)15-6-5-7-16(24)19(15)23(17(21)12-13)18(25)4-2/h3,5-7,13,17,20,24H,4,8-12H2,1-2H3. The Labute approximate surface area is 149 Å². The van der Waals surface area contributed by atoms with Crippen molar-refractivity contribution in [2.75, 3.05) is 18.0 Å². The number of aromatic hydroxyl groups is 1. The molecule has 1 aromatic carbocycles. The monoisotopic (exact) mass is 338 g/mol. The molecule has 0 aromatic heterocycles. The molecule has 4 unspecified atom stereocenters. The number of carbonyl (C=O) groups excluding carboxylic acids is 1. The third-order valence-corrected chi connectivity index (χ3v) is 7.29. The zero-order valence-electron chi connectivity index (χ0n) is 15.0. The average Bonchev–Trinajstić information content (AvgIpc) is 3.17. The molecule has 5 rings (SSSR count). The summed E-state index contributed by atoms with van der Waals surface area (Å²) >= 11 is 0. The van der Waals surface area contributed by atoms with E-state index in [9.17, 15) is 9.90 Å². The molecular formula is C21H26N2O2. The van der Waals surface area contributed by atoms with Gasteiger partial charge < -0.3 is 10.0 Å². The maximum absolute atomic E-state index is 12.9. The lowest BCUT2D eigenvalue weighted by Gasteiger charge is -2.53. The summed E-state index contributed by atoms with van der Waals surface area (Å²) in [7, 11) is 0. The van der Waals surface area contributed by atoms with Gasteiger partial charge in [-0.05, 0) is 56.8 Å². The van der Waals surface area contributed by atoms with E-state index >= 15 is 0 Å². The average molecular weight is 338 g/mol. The van der Waals surface area contributed by atoms with Crippen molar-refractivity contribution in [1.82, 2.24) is 4.90 Å². The number of fused-ring (bicyclic) bond motifs is 2. The number of piperidine rings is 1. The predicted molar refractivity (Wildman–Crippen MR) is 97.8 cm³/mol. The third kappa shape index (κ3) is 1.69. The molecule has 4 atom stereocenters. The Morgan fingerprint density at radius 2 is 2.24 bits per heavy atom. The first kappa shape index (κ1) is 15.4. The topological polar surface area (TPSA) is 43.8 Å². The molecule has 132 valence electrons. The second kappa shape index (κ2) is 5.10. The van der Waals surface area contributed by atoms with Gasteiger partial charge in [-0.3, -0.25) is 9.69 Å². The van der Waals surface area contributed by atoms with E-state index in [0.717, 1.165) is 31.6 Å². The van der Waals surface area contributed by atoms with Crippen molar-refractivity contribution >= 4 is 11.6 Å². The molecule has 3 fully saturated rings. The summed E-state index contributed by atoms with van der Waals surface area (Å²) in [5, 5.41) is 10.7. The van der Waals surface area contributed by atoms with E-state index in [4.69, 9.17) is 0 Å². The van der Waals surface area contributed by atoms with E-state index in [1.807, 2.05) is 17.9 Å². The van der Waals surface area contributed by atoms with Gasteiger partial charge in [-0.15, -0.1) is 0 Å². The summed E-state index contributed by atoms with van der Waals surface area (Å²) < 4.78 is 0. The van der Waals surface area contributed by atoms with Crippen LogP contribution in [-0.2, 0) is 10.2 Å². The Morgan fingerprint density at radius 3 is 3.00 bits per heavy atom. The van der Waals surface area contributed by atoms with Crippen LogP contribution in [0, 0.1) is 5.92 Å². The Balaban J connectivity index is 1.79. The van der Waals surface area contributed by atoms with E-state index in [1.165, 1.54) is 12.0 Å². The molecule has 0 radical (unpaired) electrons. The van der Waals surface area contributed by atoms with Crippen molar-refractivity contribution in [3.05, 3.63) is 35.4 Å². The van der Waals surface area contributed by atoms with Crippen LogP contribution in [0.5, 0.6) is 5.75 Å². The lowest BCUT2D eigenvalue weighted by molar-refractivity contribution is -0.119. The number of hydrogen-bond donors (Lipinski definition) is 1. The number of nitrogens with zero attached hydrogens (tertiary/aromatic N) is 2. The summed E-state index contributed by atoms with van der Waals surface area (Å²) in [6.07, 6.45) is 6.12. The number of phenolic OH excluding ortho intramolecular Hbond substituents is 1. The maximum Gasteiger partial charge on any atom is 0.227 e. The molecule has 1 saturated carbocycles. The first-order valence-electron chi connectivity index (χ1n) is 9.68. The van der Waals surface area contributed by atoms with Crippen molar-refractivity contribution in [3.8, 4) is 5.75 Å². The lowest BCUT2D eigenvalue weighted by atomic mass is 9.58. The van der Waals surface area contributed by atoms with Gasteiger partial charge in [0.2, 0.25) is 5.91 Å². The molecule has 1 amide bonds. The Bertz CT molecular complexity index is 786. The SMILES string of the molecule is CC=C1C2CCN3CCC4(c5cccc(O)c5N(C(=O)CC)C4C2)C13. The predicted octanol–water partition coefficient (Wildman–Crippen LogP) is 3.20. The van der Waals surface area contributed by atoms with Gasteiger partial charge in [-0.25, -0.2) is 0 Å². The number of rotatable bonds is 1. The lowest BCUT2D eigenvalue weighted by Crippen LogP contribution is -2.61. The third-order valence-electron chi connectivity index (χ3n) is 7.29. The molecule has 2 bridgehead atoms. The molecule has 3 heterocycles. The zero-order chi connectivity index (χ0) is 17.3. The van der Waals surface area contributed by atoms with Gasteiger partial charge in [0.1, 0.15) is 5.75 Å². The van der Waals surface area contributed by atoms with E-state index in [0.29, 0.717) is 18.4 Å². The van der Waals surface area contributed by atoms with Crippen LogP contribution in [0.3, 0.4) is 0 Å². The normalized spacial score (nSPS) is 37.3. The van der Waals surface area contributed by atoms with Crippen LogP contribution in [0.1, 0.15) is 45.1 Å². The fraction of sp³-hybridized carbons (Fsp3) is 0.571. The van der Waals surface area contributed by atoms with Crippen LogP contribution in [-0.4, -0.2) is 41.1 Å². The molecule has 1 spiro atoms. The number of carbonyl (C=O) groups is 1. The van der Waals surface area contributed by atoms with Crippen LogP contribution in [0.25, 0.3) is 0 Å². The summed E-state index contributed by atoms with van der Waals surface area (Å²) in [5.41, 5.74) is 3.52. The molecule has 4 aliphatic rings. The van der Waals surface area contributed by atoms with Crippen LogP contribution in [0.2, 0.25) is 0 Å². The van der Waals surface area contributed by atoms with Gasteiger partial charge in [-0.1, -0.05) is 30.7 Å². The summed E-state index contributed by atoms with van der Waals surface area (Å²) in [5.74, 6) is 0.981. The molecule has 2 saturated heterocycles. The van der Waals surface area contributed by atoms with Crippen LogP contribution < -0.4 is 4.90 Å². The van der Waals surface area contributed by atoms with Crippen molar-refractivity contribution in [1.29, 1.82) is 0 Å². The number of anilines is 1. The van der Waals surface area contributed by atoms with Gasteiger partial charge in [0.25, 0.3) is 0 Å². The van der Waals surface area contributed by atoms with Crippen molar-refractivity contribution in [2.45, 2.75) is 57.0 Å². The Morgan fingerprint density at radius 1 is 1.40 bits per heavy atom. The molecule has 1 aromatic rings. The molecule has 1 aliphatic carbocycles. The Hall–Kier alpha value is -1.81. The van der Waals surface area contributed by atoms with Crippen molar-refractivity contribution in [2.24, 2.45) is 5.92 Å². The second-order valence-electron chi connectivity index (χ2n) is 8.05. The van der Waals surface area contributed by atoms with Gasteiger partial charge in [-0.2, -0.15) is 0 Å². The molecule has 25 heavy (non-hydrogen) atoms. The van der Waals surface area contributed by atoms with Crippen LogP contribution in [0.15, 0.2) is 29.8 Å². The number of allylic oxidation sites excluding steroid dienone is 1. The van der Waals surface area contributed by atoms with E-state index in [1.54, 1.807) is 11.6 Å². The molecular weight excluding hydrogens is 312 g/mol. The second-order valence-corrected chi connectivity index (χ2v) is 8.05. The minimum Gasteiger partial charge on any atom is -0.506 e. The largest absolute Gasteiger partial charge is 0.506 e. The van der Waals surface area contributed by atoms with Gasteiger partial charge >= 0.3 is 0 Å². The molecule has 3 aliphatic heterocycles. The van der Waals surface area contributed by atoms with Crippen molar-refractivity contribution in [3.63, 3.8) is 0 Å². The highest BCUT2D eigenvalue weighted by Gasteiger charge is 2.66. The van der Waals surface area contributed by atoms with Gasteiger partial charge in [0.05, 0.1) is 5.69 Å². The van der Waals surface area contributed by atoms with E-state index in [2.05, 4.69) is 24.0 Å². The first-order valence-corrected chi connectivity index (χ1v) is 9.68. The summed E-state index contributed by atoms with van der Waals surface area (Å²) in [4.78, 5) is 17.5. The highest BCUT2D eigenvalue weighted by molar-refractivity contribution is 5.99. The summed E-state index contributed by atoms with van der Waals surface area (Å²) in [6.45, 7) is 6.35. The molecule has 4 heteroatoms. The van der Waals surface area contributed by atoms with Crippen LogP contribution in [0.4, 0.5) is 5.69 Å². The fourth-order valence-corrected chi connectivity index (χ4v) is 6.44. The van der Waals surface area contributed by atoms with E-state index in [-0.39, 0.29) is 23.1 Å². The number of benzene rings is 1.